The number of aromatic nitrogens is 2. The molecule has 0 radical (unpaired) electrons. The summed E-state index contributed by atoms with van der Waals surface area (Å²) < 4.78 is 57.5. The zero-order valence-electron chi connectivity index (χ0n) is 22.3. The van der Waals surface area contributed by atoms with Crippen molar-refractivity contribution >= 4 is 17.7 Å². The number of benzene rings is 1. The van der Waals surface area contributed by atoms with Crippen LogP contribution in [0.3, 0.4) is 0 Å². The standard InChI is InChI=1S/C27H35F3N6O4/c28-27(29,30)20-15-19(18-35-7-11-38-12-8-35)16-22(17-20)33-26(37)32-21-1-3-23(4-2-21)40-24-5-6-31-25(34-24)36-9-13-39-14-10-36/h5-6,15-17,21,23H,1-4,7-14,18H2,(H2,32,33,37). The van der Waals surface area contributed by atoms with Gasteiger partial charge in [0.1, 0.15) is 6.10 Å². The highest BCUT2D eigenvalue weighted by Gasteiger charge is 2.32. The van der Waals surface area contributed by atoms with Gasteiger partial charge in [-0.15, -0.1) is 0 Å². The lowest BCUT2D eigenvalue weighted by atomic mass is 9.93. The van der Waals surface area contributed by atoms with Gasteiger partial charge >= 0.3 is 12.2 Å². The van der Waals surface area contributed by atoms with E-state index in [0.29, 0.717) is 76.3 Å². The molecule has 218 valence electrons. The molecule has 2 saturated heterocycles. The number of morpholine rings is 2. The molecule has 0 bridgehead atoms. The molecular formula is C27H35F3N6O4. The van der Waals surface area contributed by atoms with Crippen LogP contribution in [-0.2, 0) is 22.2 Å². The first-order valence-corrected chi connectivity index (χ1v) is 13.7. The first-order chi connectivity index (χ1) is 19.3. The number of nitrogens with zero attached hydrogens (tertiary/aromatic N) is 4. The fraction of sp³-hybridized carbons (Fsp3) is 0.593. The van der Waals surface area contributed by atoms with Crippen molar-refractivity contribution in [3.8, 4) is 5.88 Å². The Hall–Kier alpha value is -3.16. The number of ether oxygens (including phenoxy) is 3. The summed E-state index contributed by atoms with van der Waals surface area (Å²) >= 11 is 0. The van der Waals surface area contributed by atoms with Crippen molar-refractivity contribution in [3.63, 3.8) is 0 Å². The Labute approximate surface area is 231 Å². The molecule has 5 rings (SSSR count). The topological polar surface area (TPSA) is 101 Å². The van der Waals surface area contributed by atoms with Crippen LogP contribution >= 0.6 is 0 Å². The van der Waals surface area contributed by atoms with E-state index in [9.17, 15) is 18.0 Å². The van der Waals surface area contributed by atoms with E-state index in [2.05, 4.69) is 25.5 Å². The minimum absolute atomic E-state index is 0.0419. The molecule has 2 amide bonds. The van der Waals surface area contributed by atoms with E-state index in [-0.39, 0.29) is 17.8 Å². The number of carbonyl (C=O) groups excluding carboxylic acids is 1. The number of hydrogen-bond donors (Lipinski definition) is 2. The van der Waals surface area contributed by atoms with Gasteiger partial charge in [-0.25, -0.2) is 9.78 Å². The van der Waals surface area contributed by atoms with Crippen molar-refractivity contribution in [1.82, 2.24) is 20.2 Å². The summed E-state index contributed by atoms with van der Waals surface area (Å²) in [5.74, 6) is 1.14. The third-order valence-electron chi connectivity index (χ3n) is 7.30. The summed E-state index contributed by atoms with van der Waals surface area (Å²) in [4.78, 5) is 25.7. The van der Waals surface area contributed by atoms with Crippen molar-refractivity contribution < 1.29 is 32.2 Å². The molecule has 0 unspecified atom stereocenters. The second-order valence-electron chi connectivity index (χ2n) is 10.3. The first-order valence-electron chi connectivity index (χ1n) is 13.7. The molecule has 3 heterocycles. The predicted molar refractivity (Wildman–Crippen MR) is 141 cm³/mol. The van der Waals surface area contributed by atoms with Gasteiger partial charge in [0, 0.05) is 56.7 Å². The zero-order valence-corrected chi connectivity index (χ0v) is 22.3. The molecule has 3 aliphatic rings. The van der Waals surface area contributed by atoms with Gasteiger partial charge in [0.2, 0.25) is 11.8 Å². The predicted octanol–water partition coefficient (Wildman–Crippen LogP) is 3.68. The van der Waals surface area contributed by atoms with E-state index >= 15 is 0 Å². The van der Waals surface area contributed by atoms with Gasteiger partial charge in [0.15, 0.2) is 0 Å². The van der Waals surface area contributed by atoms with Crippen LogP contribution in [0, 0.1) is 0 Å². The van der Waals surface area contributed by atoms with E-state index in [1.54, 1.807) is 18.3 Å². The number of alkyl halides is 3. The van der Waals surface area contributed by atoms with Crippen molar-refractivity contribution in [3.05, 3.63) is 41.6 Å². The van der Waals surface area contributed by atoms with Crippen molar-refractivity contribution in [2.24, 2.45) is 0 Å². The number of anilines is 2. The van der Waals surface area contributed by atoms with E-state index in [1.807, 2.05) is 4.90 Å². The van der Waals surface area contributed by atoms with Crippen LogP contribution in [0.15, 0.2) is 30.5 Å². The van der Waals surface area contributed by atoms with Crippen molar-refractivity contribution in [2.45, 2.75) is 50.6 Å². The lowest BCUT2D eigenvalue weighted by Gasteiger charge is -2.30. The van der Waals surface area contributed by atoms with Gasteiger partial charge in [-0.2, -0.15) is 18.2 Å². The van der Waals surface area contributed by atoms with Crippen LogP contribution in [0.2, 0.25) is 0 Å². The molecule has 2 aliphatic heterocycles. The Kier molecular flexibility index (Phi) is 9.22. The Morgan fingerprint density at radius 1 is 1.00 bits per heavy atom. The summed E-state index contributed by atoms with van der Waals surface area (Å²) in [6.07, 6.45) is -0.0670. The Morgan fingerprint density at radius 3 is 2.40 bits per heavy atom. The minimum Gasteiger partial charge on any atom is -0.474 e. The number of rotatable bonds is 7. The molecule has 1 saturated carbocycles. The van der Waals surface area contributed by atoms with Crippen LogP contribution in [0.1, 0.15) is 36.8 Å². The lowest BCUT2D eigenvalue weighted by molar-refractivity contribution is -0.137. The maximum Gasteiger partial charge on any atom is 0.416 e. The van der Waals surface area contributed by atoms with E-state index in [1.165, 1.54) is 0 Å². The second kappa shape index (κ2) is 13.0. The van der Waals surface area contributed by atoms with E-state index in [0.717, 1.165) is 38.1 Å². The van der Waals surface area contributed by atoms with Crippen molar-refractivity contribution in [2.75, 3.05) is 62.8 Å². The monoisotopic (exact) mass is 564 g/mol. The Bertz CT molecular complexity index is 1130. The van der Waals surface area contributed by atoms with E-state index in [4.69, 9.17) is 14.2 Å². The van der Waals surface area contributed by atoms with E-state index < -0.39 is 17.8 Å². The number of halogens is 3. The minimum atomic E-state index is -4.51. The van der Waals surface area contributed by atoms with Gasteiger partial charge in [-0.3, -0.25) is 4.90 Å². The van der Waals surface area contributed by atoms with Crippen LogP contribution in [0.5, 0.6) is 5.88 Å². The van der Waals surface area contributed by atoms with Crippen LogP contribution in [-0.4, -0.2) is 85.7 Å². The quantitative estimate of drug-likeness (QED) is 0.526. The molecule has 40 heavy (non-hydrogen) atoms. The number of nitrogens with one attached hydrogen (secondary N) is 2. The summed E-state index contributed by atoms with van der Waals surface area (Å²) in [6.45, 7) is 5.51. The van der Waals surface area contributed by atoms with Gasteiger partial charge in [-0.1, -0.05) is 0 Å². The van der Waals surface area contributed by atoms with Gasteiger partial charge in [-0.05, 0) is 49.4 Å². The number of urea groups is 1. The normalized spacial score (nSPS) is 22.5. The fourth-order valence-electron chi connectivity index (χ4n) is 5.20. The molecule has 0 atom stereocenters. The van der Waals surface area contributed by atoms with Gasteiger partial charge < -0.3 is 29.7 Å². The molecule has 1 aromatic heterocycles. The summed E-state index contributed by atoms with van der Waals surface area (Å²) in [6, 6.07) is 4.83. The molecule has 1 aromatic carbocycles. The average Bonchev–Trinajstić information content (AvgIpc) is 2.95. The fourth-order valence-corrected chi connectivity index (χ4v) is 5.20. The largest absolute Gasteiger partial charge is 0.474 e. The SMILES string of the molecule is O=C(Nc1cc(CN2CCOCC2)cc(C(F)(F)F)c1)NC1CCC(Oc2ccnc(N3CCOCC3)n2)CC1. The number of carbonyl (C=O) groups is 1. The van der Waals surface area contributed by atoms with Crippen molar-refractivity contribution in [1.29, 1.82) is 0 Å². The summed E-state index contributed by atoms with van der Waals surface area (Å²) in [5.41, 5.74) is -0.175. The smallest absolute Gasteiger partial charge is 0.416 e. The Balaban J connectivity index is 1.12. The molecule has 2 aromatic rings. The van der Waals surface area contributed by atoms with Gasteiger partial charge in [0.25, 0.3) is 0 Å². The summed E-state index contributed by atoms with van der Waals surface area (Å²) in [7, 11) is 0. The molecule has 10 nitrogen and oxygen atoms in total. The molecule has 13 heteroatoms. The molecule has 2 N–H and O–H groups in total. The highest BCUT2D eigenvalue weighted by Crippen LogP contribution is 2.32. The number of amides is 2. The average molecular weight is 565 g/mol. The third kappa shape index (κ3) is 7.95. The van der Waals surface area contributed by atoms with Crippen LogP contribution in [0.4, 0.5) is 29.6 Å². The first kappa shape index (κ1) is 28.4. The highest BCUT2D eigenvalue weighted by molar-refractivity contribution is 5.89. The summed E-state index contributed by atoms with van der Waals surface area (Å²) in [5, 5.41) is 5.52. The number of hydrogen-bond acceptors (Lipinski definition) is 8. The molecule has 0 spiro atoms. The molecular weight excluding hydrogens is 529 g/mol. The maximum absolute atomic E-state index is 13.6. The molecule has 3 fully saturated rings. The lowest BCUT2D eigenvalue weighted by Crippen LogP contribution is -2.42. The second-order valence-corrected chi connectivity index (χ2v) is 10.3. The van der Waals surface area contributed by atoms with Crippen LogP contribution in [0.25, 0.3) is 0 Å². The van der Waals surface area contributed by atoms with Crippen LogP contribution < -0.4 is 20.3 Å². The van der Waals surface area contributed by atoms with Gasteiger partial charge in [0.05, 0.1) is 32.0 Å². The zero-order chi connectivity index (χ0) is 28.0. The molecule has 1 aliphatic carbocycles. The highest BCUT2D eigenvalue weighted by atomic mass is 19.4. The maximum atomic E-state index is 13.6. The Morgan fingerprint density at radius 2 is 1.70 bits per heavy atom. The third-order valence-corrected chi connectivity index (χ3v) is 7.30.